The lowest BCUT2D eigenvalue weighted by Gasteiger charge is -2.22. The van der Waals surface area contributed by atoms with Crippen molar-refractivity contribution in [2.75, 3.05) is 0 Å². The highest BCUT2D eigenvalue weighted by atomic mass is 15.1. The van der Waals surface area contributed by atoms with E-state index in [1.54, 1.807) is 0 Å². The summed E-state index contributed by atoms with van der Waals surface area (Å²) >= 11 is 0. The van der Waals surface area contributed by atoms with Crippen molar-refractivity contribution >= 4 is 98.0 Å². The number of fused-ring (bicyclic) bond motifs is 19. The van der Waals surface area contributed by atoms with E-state index in [9.17, 15) is 0 Å². The van der Waals surface area contributed by atoms with Gasteiger partial charge in [-0.1, -0.05) is 240 Å². The van der Waals surface area contributed by atoms with E-state index in [0.29, 0.717) is 5.82 Å². The van der Waals surface area contributed by atoms with Gasteiger partial charge >= 0.3 is 0 Å². The smallest absolute Gasteiger partial charge is 0.162 e. The minimum absolute atomic E-state index is 0.102. The first-order valence-electron chi connectivity index (χ1n) is 36.2. The highest BCUT2D eigenvalue weighted by molar-refractivity contribution is 6.16. The SMILES string of the molecule is CC1(C)c2ccccc2-c2ccc(-n3c4ccccc4c4cc(-c5ccc6c(c5)c5ccccc5n6-c5cc(-c6ccccc6)nc(-c6ccc(-n7c8ccccc8c8cc(-c9ccc%10c(c9)c9ccccc9n%10-c9ccc%10c(c9)C(C)(C)c9ccccc9-%10)ccc87)c7ccccc67)n5)ccc43)cc21. The molecule has 0 atom stereocenters. The summed E-state index contributed by atoms with van der Waals surface area (Å²) in [5.41, 5.74) is 30.8. The lowest BCUT2D eigenvalue weighted by atomic mass is 9.82. The van der Waals surface area contributed by atoms with Crippen molar-refractivity contribution in [2.45, 2.75) is 38.5 Å². The predicted octanol–water partition coefficient (Wildman–Crippen LogP) is 25.3. The van der Waals surface area contributed by atoms with Crippen molar-refractivity contribution in [3.8, 4) is 90.0 Å². The Morgan fingerprint density at radius 3 is 1.06 bits per heavy atom. The molecule has 0 radical (unpaired) electrons. The molecule has 5 aromatic heterocycles. The maximum atomic E-state index is 5.68. The van der Waals surface area contributed by atoms with Crippen LogP contribution in [0.5, 0.6) is 0 Å². The molecule has 0 bridgehead atoms. The van der Waals surface area contributed by atoms with E-state index in [1.807, 2.05) is 0 Å². The van der Waals surface area contributed by atoms with Crippen LogP contribution in [0.2, 0.25) is 0 Å². The van der Waals surface area contributed by atoms with Crippen LogP contribution in [0.3, 0.4) is 0 Å². The Morgan fingerprint density at radius 2 is 0.577 bits per heavy atom. The second-order valence-electron chi connectivity index (χ2n) is 29.6. The third-order valence-electron chi connectivity index (χ3n) is 23.4. The Morgan fingerprint density at radius 1 is 0.221 bits per heavy atom. The Bertz CT molecular complexity index is 7110. The zero-order chi connectivity index (χ0) is 68.8. The number of nitrogens with zero attached hydrogens (tertiary/aromatic N) is 6. The summed E-state index contributed by atoms with van der Waals surface area (Å²) in [4.78, 5) is 11.2. The van der Waals surface area contributed by atoms with Gasteiger partial charge in [0.2, 0.25) is 0 Å². The standard InChI is InChI=1S/C98H66N6/c1-97(2)81-32-16-10-25-67(81)69-44-42-64(56-83(69)97)101-86-34-18-12-28-72(86)77-52-60(38-47-91(77)101)62-40-49-93-79(54-62)74-30-14-20-36-88(74)103(93)90-51-46-76(66-24-8-9-27-71(66)90)96-99-85(59-22-6-5-7-23-59)58-95(100-96)104-89-37-21-15-31-75(89)80-55-63(41-50-94(80)104)61-39-48-92-78(53-61)73-29-13-19-35-87(73)102(92)65-43-45-70-68-26-11-17-33-82(68)98(3,4)84(70)57-65/h5-58H,1-4H3. The molecule has 488 valence electrons. The van der Waals surface area contributed by atoms with E-state index in [2.05, 4.69) is 374 Å². The zero-order valence-corrected chi connectivity index (χ0v) is 57.9. The van der Waals surface area contributed by atoms with Gasteiger partial charge in [0.15, 0.2) is 5.82 Å². The Balaban J connectivity index is 0.645. The number of para-hydroxylation sites is 4. The van der Waals surface area contributed by atoms with Gasteiger partial charge in [0.25, 0.3) is 0 Å². The topological polar surface area (TPSA) is 45.5 Å². The Kier molecular flexibility index (Phi) is 12.2. The second kappa shape index (κ2) is 21.7. The van der Waals surface area contributed by atoms with Crippen LogP contribution < -0.4 is 0 Å². The van der Waals surface area contributed by atoms with Crippen molar-refractivity contribution in [2.24, 2.45) is 0 Å². The summed E-state index contributed by atoms with van der Waals surface area (Å²) in [6.45, 7) is 9.45. The first-order valence-corrected chi connectivity index (χ1v) is 36.2. The molecule has 0 saturated carbocycles. The van der Waals surface area contributed by atoms with E-state index < -0.39 is 0 Å². The van der Waals surface area contributed by atoms with Gasteiger partial charge in [-0.15, -0.1) is 0 Å². The summed E-state index contributed by atoms with van der Waals surface area (Å²) in [7, 11) is 0. The van der Waals surface area contributed by atoms with E-state index in [1.165, 1.54) is 127 Å². The average Bonchev–Trinajstić information content (AvgIpc) is 1.43. The second-order valence-corrected chi connectivity index (χ2v) is 29.6. The van der Waals surface area contributed by atoms with Crippen molar-refractivity contribution in [1.82, 2.24) is 28.2 Å². The maximum Gasteiger partial charge on any atom is 0.162 e. The quantitative estimate of drug-likeness (QED) is 0.152. The predicted molar refractivity (Wildman–Crippen MR) is 434 cm³/mol. The van der Waals surface area contributed by atoms with Crippen LogP contribution in [-0.4, -0.2) is 28.2 Å². The van der Waals surface area contributed by atoms with Crippen molar-refractivity contribution < 1.29 is 0 Å². The van der Waals surface area contributed by atoms with Crippen LogP contribution in [0, 0.1) is 0 Å². The fourth-order valence-corrected chi connectivity index (χ4v) is 18.4. The van der Waals surface area contributed by atoms with Gasteiger partial charge < -0.3 is 13.7 Å². The lowest BCUT2D eigenvalue weighted by molar-refractivity contribution is 0.660. The van der Waals surface area contributed by atoms with E-state index in [4.69, 9.17) is 9.97 Å². The number of aromatic nitrogens is 6. The monoisotopic (exact) mass is 1330 g/mol. The highest BCUT2D eigenvalue weighted by Gasteiger charge is 2.37. The van der Waals surface area contributed by atoms with Crippen LogP contribution in [0.1, 0.15) is 49.9 Å². The molecule has 0 aliphatic heterocycles. The molecule has 0 amide bonds. The summed E-state index contributed by atoms with van der Waals surface area (Å²) in [6, 6.07) is 121. The number of hydrogen-bond acceptors (Lipinski definition) is 2. The van der Waals surface area contributed by atoms with Gasteiger partial charge in [0.1, 0.15) is 5.82 Å². The van der Waals surface area contributed by atoms with Gasteiger partial charge in [-0.05, 0) is 181 Å². The van der Waals surface area contributed by atoms with Crippen LogP contribution in [-0.2, 0) is 10.8 Å². The van der Waals surface area contributed by atoms with E-state index >= 15 is 0 Å². The first-order chi connectivity index (χ1) is 51.1. The third kappa shape index (κ3) is 8.33. The fraction of sp³-hybridized carbons (Fsp3) is 0.0612. The lowest BCUT2D eigenvalue weighted by Crippen LogP contribution is -2.15. The fourth-order valence-electron chi connectivity index (χ4n) is 18.4. The van der Waals surface area contributed by atoms with Crippen molar-refractivity contribution in [3.63, 3.8) is 0 Å². The number of benzene rings is 15. The number of hydrogen-bond donors (Lipinski definition) is 0. The Hall–Kier alpha value is -13.2. The minimum Gasteiger partial charge on any atom is -0.309 e. The van der Waals surface area contributed by atoms with Crippen molar-refractivity contribution in [3.05, 3.63) is 350 Å². The molecule has 0 unspecified atom stereocenters. The molecule has 6 nitrogen and oxygen atoms in total. The van der Waals surface area contributed by atoms with Gasteiger partial charge in [-0.25, -0.2) is 9.97 Å². The molecule has 15 aromatic carbocycles. The molecule has 5 heterocycles. The van der Waals surface area contributed by atoms with Crippen LogP contribution in [0.4, 0.5) is 0 Å². The zero-order valence-electron chi connectivity index (χ0n) is 57.9. The average molecular weight is 1330 g/mol. The Labute approximate surface area is 600 Å². The molecule has 0 fully saturated rings. The minimum atomic E-state index is -0.106. The molecule has 22 rings (SSSR count). The van der Waals surface area contributed by atoms with Gasteiger partial charge in [-0.2, -0.15) is 0 Å². The van der Waals surface area contributed by atoms with Crippen LogP contribution in [0.15, 0.2) is 328 Å². The summed E-state index contributed by atoms with van der Waals surface area (Å²) in [5, 5.41) is 11.8. The van der Waals surface area contributed by atoms with Crippen LogP contribution in [0.25, 0.3) is 188 Å². The van der Waals surface area contributed by atoms with Gasteiger partial charge in [-0.3, -0.25) is 4.57 Å². The largest absolute Gasteiger partial charge is 0.309 e. The molecule has 104 heavy (non-hydrogen) atoms. The molecule has 0 N–H and O–H groups in total. The highest BCUT2D eigenvalue weighted by Crippen LogP contribution is 2.52. The van der Waals surface area contributed by atoms with Crippen LogP contribution >= 0.6 is 0 Å². The van der Waals surface area contributed by atoms with Gasteiger partial charge in [0.05, 0.1) is 55.5 Å². The third-order valence-corrected chi connectivity index (χ3v) is 23.4. The molecule has 0 spiro atoms. The molecule has 6 heteroatoms. The van der Waals surface area contributed by atoms with Crippen molar-refractivity contribution in [1.29, 1.82) is 0 Å². The molecule has 0 saturated heterocycles. The van der Waals surface area contributed by atoms with Gasteiger partial charge in [0, 0.05) is 87.9 Å². The summed E-state index contributed by atoms with van der Waals surface area (Å²) < 4.78 is 9.72. The normalized spacial score (nSPS) is 13.5. The molecular formula is C98H66N6. The summed E-state index contributed by atoms with van der Waals surface area (Å²) in [6.07, 6.45) is 0. The first kappa shape index (κ1) is 58.6. The maximum absolute atomic E-state index is 5.68. The summed E-state index contributed by atoms with van der Waals surface area (Å²) in [5.74, 6) is 1.45. The molecule has 2 aliphatic carbocycles. The number of rotatable bonds is 8. The van der Waals surface area contributed by atoms with E-state index in [0.717, 1.165) is 77.5 Å². The molecular weight excluding hydrogens is 1260 g/mol. The molecule has 2 aliphatic rings. The molecule has 20 aromatic rings. The van der Waals surface area contributed by atoms with E-state index in [-0.39, 0.29) is 10.8 Å².